The van der Waals surface area contributed by atoms with Gasteiger partial charge in [-0.2, -0.15) is 0 Å². The lowest BCUT2D eigenvalue weighted by molar-refractivity contribution is -0.139. The molecule has 12 heteroatoms. The number of hydrogen-bond acceptors (Lipinski definition) is 4. The Labute approximate surface area is 248 Å². The third-order valence-electron chi connectivity index (χ3n) is 5.94. The van der Waals surface area contributed by atoms with Crippen molar-refractivity contribution >= 4 is 73.9 Å². The average Bonchev–Trinajstić information content (AvgIpc) is 2.89. The maximum absolute atomic E-state index is 13.9. The summed E-state index contributed by atoms with van der Waals surface area (Å²) in [6.07, 6.45) is 0. The molecule has 2 amide bonds. The van der Waals surface area contributed by atoms with E-state index in [-0.39, 0.29) is 32.2 Å². The van der Waals surface area contributed by atoms with E-state index in [0.717, 1.165) is 9.87 Å². The number of nitrogens with zero attached hydrogens (tertiary/aromatic N) is 2. The highest BCUT2D eigenvalue weighted by Crippen LogP contribution is 2.35. The van der Waals surface area contributed by atoms with Crippen LogP contribution >= 0.6 is 46.4 Å². The number of rotatable bonds is 10. The van der Waals surface area contributed by atoms with Gasteiger partial charge in [-0.05, 0) is 62.7 Å². The molecule has 0 aromatic heterocycles. The highest BCUT2D eigenvalue weighted by atomic mass is 35.5. The van der Waals surface area contributed by atoms with Crippen LogP contribution in [0.2, 0.25) is 20.1 Å². The second kappa shape index (κ2) is 13.2. The van der Waals surface area contributed by atoms with E-state index in [4.69, 9.17) is 46.4 Å². The summed E-state index contributed by atoms with van der Waals surface area (Å²) >= 11 is 24.9. The summed E-state index contributed by atoms with van der Waals surface area (Å²) in [4.78, 5) is 27.9. The number of nitrogens with one attached hydrogen (secondary N) is 1. The van der Waals surface area contributed by atoms with Crippen molar-refractivity contribution in [1.82, 2.24) is 10.2 Å². The Morgan fingerprint density at radius 2 is 1.59 bits per heavy atom. The third-order valence-corrected chi connectivity index (χ3v) is 9.26. The SMILES string of the molecule is CCNC(=O)[C@@H](C)N(Cc1ccc(Cl)c(Cl)c1)C(=O)CN(c1cccc(Cl)c1Cl)S(=O)(=O)c1ccc(C)cc1. The Morgan fingerprint density at radius 1 is 0.923 bits per heavy atom. The molecule has 0 saturated heterocycles. The van der Waals surface area contributed by atoms with Crippen molar-refractivity contribution in [3.63, 3.8) is 0 Å². The smallest absolute Gasteiger partial charge is 0.264 e. The number of sulfonamides is 1. The van der Waals surface area contributed by atoms with E-state index in [2.05, 4.69) is 5.32 Å². The molecule has 3 aromatic carbocycles. The molecule has 3 aromatic rings. The van der Waals surface area contributed by atoms with Crippen molar-refractivity contribution in [2.75, 3.05) is 17.4 Å². The number of halogens is 4. The lowest BCUT2D eigenvalue weighted by Gasteiger charge is -2.32. The zero-order valence-electron chi connectivity index (χ0n) is 21.4. The van der Waals surface area contributed by atoms with Gasteiger partial charge in [-0.15, -0.1) is 0 Å². The molecule has 0 spiro atoms. The lowest BCUT2D eigenvalue weighted by atomic mass is 10.1. The van der Waals surface area contributed by atoms with Crippen LogP contribution in [0.25, 0.3) is 0 Å². The molecule has 208 valence electrons. The standard InChI is InChI=1S/C27H27Cl4N3O4S/c1-4-32-27(36)18(3)33(15-19-10-13-21(28)23(30)14-19)25(35)16-34(24-7-5-6-22(29)26(24)31)39(37,38)20-11-8-17(2)9-12-20/h5-14,18H,4,15-16H2,1-3H3,(H,32,36)/t18-/m1/s1. The van der Waals surface area contributed by atoms with Crippen molar-refractivity contribution < 1.29 is 18.0 Å². The van der Waals surface area contributed by atoms with Crippen LogP contribution in [-0.2, 0) is 26.2 Å². The molecule has 0 aliphatic carbocycles. The van der Waals surface area contributed by atoms with E-state index in [1.807, 2.05) is 6.92 Å². The van der Waals surface area contributed by atoms with Gasteiger partial charge in [0.2, 0.25) is 11.8 Å². The Kier molecular flexibility index (Phi) is 10.5. The van der Waals surface area contributed by atoms with E-state index in [9.17, 15) is 18.0 Å². The normalized spacial score (nSPS) is 12.1. The summed E-state index contributed by atoms with van der Waals surface area (Å²) in [5.74, 6) is -1.05. The number of carbonyl (C=O) groups excluding carboxylic acids is 2. The number of hydrogen-bond donors (Lipinski definition) is 1. The maximum atomic E-state index is 13.9. The molecule has 3 rings (SSSR count). The highest BCUT2D eigenvalue weighted by Gasteiger charge is 2.33. The van der Waals surface area contributed by atoms with Gasteiger partial charge >= 0.3 is 0 Å². The molecular formula is C27H27Cl4N3O4S. The number of aryl methyl sites for hydroxylation is 1. The second-order valence-corrected chi connectivity index (χ2v) is 12.2. The van der Waals surface area contributed by atoms with Crippen LogP contribution in [-0.4, -0.2) is 44.3 Å². The van der Waals surface area contributed by atoms with Gasteiger partial charge in [0.05, 0.1) is 30.7 Å². The molecule has 7 nitrogen and oxygen atoms in total. The largest absolute Gasteiger partial charge is 0.355 e. The minimum absolute atomic E-state index is 0.0261. The topological polar surface area (TPSA) is 86.8 Å². The molecule has 0 aliphatic rings. The molecule has 0 radical (unpaired) electrons. The maximum Gasteiger partial charge on any atom is 0.264 e. The van der Waals surface area contributed by atoms with E-state index in [1.165, 1.54) is 35.2 Å². The van der Waals surface area contributed by atoms with Crippen LogP contribution in [0.15, 0.2) is 65.6 Å². The summed E-state index contributed by atoms with van der Waals surface area (Å²) in [6, 6.07) is 14.6. The number of benzene rings is 3. The van der Waals surface area contributed by atoms with Crippen molar-refractivity contribution in [3.05, 3.63) is 91.9 Å². The first-order valence-corrected chi connectivity index (χ1v) is 14.9. The summed E-state index contributed by atoms with van der Waals surface area (Å²) in [5.41, 5.74) is 1.49. The predicted octanol–water partition coefficient (Wildman–Crippen LogP) is 6.36. The summed E-state index contributed by atoms with van der Waals surface area (Å²) in [6.45, 7) is 4.81. The van der Waals surface area contributed by atoms with Gasteiger partial charge in [-0.3, -0.25) is 13.9 Å². The predicted molar refractivity (Wildman–Crippen MR) is 157 cm³/mol. The van der Waals surface area contributed by atoms with Crippen LogP contribution in [0.1, 0.15) is 25.0 Å². The zero-order valence-corrected chi connectivity index (χ0v) is 25.3. The molecule has 0 fully saturated rings. The molecule has 39 heavy (non-hydrogen) atoms. The molecule has 0 unspecified atom stereocenters. The minimum Gasteiger partial charge on any atom is -0.355 e. The molecule has 0 aliphatic heterocycles. The lowest BCUT2D eigenvalue weighted by Crippen LogP contribution is -2.51. The van der Waals surface area contributed by atoms with Crippen molar-refractivity contribution in [3.8, 4) is 0 Å². The zero-order chi connectivity index (χ0) is 28.9. The van der Waals surface area contributed by atoms with Gasteiger partial charge in [0.15, 0.2) is 0 Å². The van der Waals surface area contributed by atoms with Crippen molar-refractivity contribution in [2.24, 2.45) is 0 Å². The number of likely N-dealkylation sites (N-methyl/N-ethyl adjacent to an activating group) is 1. The van der Waals surface area contributed by atoms with Gasteiger partial charge in [-0.1, -0.05) is 76.2 Å². The van der Waals surface area contributed by atoms with Gasteiger partial charge in [0, 0.05) is 13.1 Å². The Bertz CT molecular complexity index is 1470. The first-order valence-electron chi connectivity index (χ1n) is 11.9. The molecule has 0 bridgehead atoms. The van der Waals surface area contributed by atoms with E-state index < -0.39 is 34.4 Å². The third kappa shape index (κ3) is 7.38. The number of anilines is 1. The molecule has 1 atom stereocenters. The highest BCUT2D eigenvalue weighted by molar-refractivity contribution is 7.92. The van der Waals surface area contributed by atoms with E-state index in [0.29, 0.717) is 17.1 Å². The monoisotopic (exact) mass is 629 g/mol. The molecule has 0 saturated carbocycles. The first kappa shape index (κ1) is 31.0. The molecular weight excluding hydrogens is 604 g/mol. The number of carbonyl (C=O) groups is 2. The number of amides is 2. The van der Waals surface area contributed by atoms with Crippen molar-refractivity contribution in [2.45, 2.75) is 38.3 Å². The fourth-order valence-corrected chi connectivity index (χ4v) is 5.97. The quantitative estimate of drug-likeness (QED) is 0.283. The summed E-state index contributed by atoms with van der Waals surface area (Å²) in [5, 5.41) is 3.40. The Balaban J connectivity index is 2.08. The Hall–Kier alpha value is -2.49. The van der Waals surface area contributed by atoms with E-state index in [1.54, 1.807) is 44.2 Å². The van der Waals surface area contributed by atoms with Crippen LogP contribution in [0.5, 0.6) is 0 Å². The van der Waals surface area contributed by atoms with Gasteiger partial charge in [-0.25, -0.2) is 8.42 Å². The molecule has 0 heterocycles. The van der Waals surface area contributed by atoms with Gasteiger partial charge < -0.3 is 10.2 Å². The van der Waals surface area contributed by atoms with Crippen LogP contribution in [0, 0.1) is 6.92 Å². The van der Waals surface area contributed by atoms with Crippen LogP contribution in [0.4, 0.5) is 5.69 Å². The van der Waals surface area contributed by atoms with Crippen LogP contribution < -0.4 is 9.62 Å². The second-order valence-electron chi connectivity index (χ2n) is 8.74. The van der Waals surface area contributed by atoms with Crippen LogP contribution in [0.3, 0.4) is 0 Å². The minimum atomic E-state index is -4.28. The fraction of sp³-hybridized carbons (Fsp3) is 0.259. The molecule has 1 N–H and O–H groups in total. The van der Waals surface area contributed by atoms with Crippen molar-refractivity contribution in [1.29, 1.82) is 0 Å². The van der Waals surface area contributed by atoms with Gasteiger partial charge in [0.25, 0.3) is 10.0 Å². The average molecular weight is 631 g/mol. The van der Waals surface area contributed by atoms with E-state index >= 15 is 0 Å². The summed E-state index contributed by atoms with van der Waals surface area (Å²) in [7, 11) is -4.28. The summed E-state index contributed by atoms with van der Waals surface area (Å²) < 4.78 is 28.6. The fourth-order valence-electron chi connectivity index (χ4n) is 3.78. The van der Waals surface area contributed by atoms with Gasteiger partial charge in [0.1, 0.15) is 12.6 Å². The Morgan fingerprint density at radius 3 is 2.21 bits per heavy atom. The first-order chi connectivity index (χ1) is 18.4.